The standard InChI is InChI=1S/C22H24ClFN2O5/c1-13-10-15(25-20(27)22(29)30)11-14(2)19(13)31-16-6-7-18(24)17(12-16)21(28)26(3)9-5-4-8-23/h6-7,10-12H,4-5,8-9H2,1-3H3,(H,25,27)(H,29,30). The van der Waals surface area contributed by atoms with Crippen LogP contribution in [0, 0.1) is 19.7 Å². The van der Waals surface area contributed by atoms with Gasteiger partial charge >= 0.3 is 11.9 Å². The van der Waals surface area contributed by atoms with Gasteiger partial charge in [0, 0.05) is 25.2 Å². The van der Waals surface area contributed by atoms with Crippen LogP contribution in [0.25, 0.3) is 0 Å². The van der Waals surface area contributed by atoms with Gasteiger partial charge in [0.2, 0.25) is 0 Å². The van der Waals surface area contributed by atoms with Gasteiger partial charge in [-0.15, -0.1) is 11.6 Å². The van der Waals surface area contributed by atoms with Crippen LogP contribution in [0.1, 0.15) is 34.3 Å². The van der Waals surface area contributed by atoms with E-state index in [1.165, 1.54) is 23.1 Å². The second-order valence-corrected chi connectivity index (χ2v) is 7.44. The number of halogens is 2. The number of rotatable bonds is 8. The predicted octanol–water partition coefficient (Wildman–Crippen LogP) is 4.35. The third kappa shape index (κ3) is 6.42. The lowest BCUT2D eigenvalue weighted by molar-refractivity contribution is -0.147. The van der Waals surface area contributed by atoms with Crippen LogP contribution in [0.3, 0.4) is 0 Å². The van der Waals surface area contributed by atoms with Crippen molar-refractivity contribution in [2.45, 2.75) is 26.7 Å². The van der Waals surface area contributed by atoms with E-state index in [9.17, 15) is 18.8 Å². The fourth-order valence-electron chi connectivity index (χ4n) is 2.97. The summed E-state index contributed by atoms with van der Waals surface area (Å²) in [5.41, 5.74) is 1.45. The number of carboxylic acid groups (broad SMARTS) is 1. The third-order valence-corrected chi connectivity index (χ3v) is 4.79. The van der Waals surface area contributed by atoms with Crippen molar-refractivity contribution < 1.29 is 28.6 Å². The van der Waals surface area contributed by atoms with E-state index in [-0.39, 0.29) is 11.3 Å². The number of carboxylic acids is 1. The Bertz CT molecular complexity index is 973. The first-order valence-electron chi connectivity index (χ1n) is 9.58. The Morgan fingerprint density at radius 3 is 2.35 bits per heavy atom. The average Bonchev–Trinajstić information content (AvgIpc) is 2.71. The number of alkyl halides is 1. The summed E-state index contributed by atoms with van der Waals surface area (Å²) in [6, 6.07) is 7.04. The molecule has 0 fully saturated rings. The van der Waals surface area contributed by atoms with Gasteiger partial charge in [-0.1, -0.05) is 0 Å². The summed E-state index contributed by atoms with van der Waals surface area (Å²) in [6.45, 7) is 3.90. The zero-order valence-electron chi connectivity index (χ0n) is 17.5. The van der Waals surface area contributed by atoms with Gasteiger partial charge in [-0.2, -0.15) is 0 Å². The predicted molar refractivity (Wildman–Crippen MR) is 116 cm³/mol. The molecular formula is C22H24ClFN2O5. The Morgan fingerprint density at radius 1 is 1.13 bits per heavy atom. The first-order chi connectivity index (χ1) is 14.6. The fourth-order valence-corrected chi connectivity index (χ4v) is 3.16. The van der Waals surface area contributed by atoms with Crippen LogP contribution in [0.15, 0.2) is 30.3 Å². The van der Waals surface area contributed by atoms with Crippen molar-refractivity contribution in [1.29, 1.82) is 0 Å². The Balaban J connectivity index is 2.23. The number of amides is 2. The highest BCUT2D eigenvalue weighted by atomic mass is 35.5. The minimum atomic E-state index is -1.59. The highest BCUT2D eigenvalue weighted by Gasteiger charge is 2.18. The van der Waals surface area contributed by atoms with E-state index in [1.807, 2.05) is 0 Å². The van der Waals surface area contributed by atoms with E-state index in [4.69, 9.17) is 21.4 Å². The van der Waals surface area contributed by atoms with Gasteiger partial charge in [-0.25, -0.2) is 9.18 Å². The second-order valence-electron chi connectivity index (χ2n) is 7.06. The van der Waals surface area contributed by atoms with Crippen molar-refractivity contribution in [1.82, 2.24) is 4.90 Å². The highest BCUT2D eigenvalue weighted by Crippen LogP contribution is 2.32. The molecule has 2 amide bonds. The maximum absolute atomic E-state index is 14.3. The van der Waals surface area contributed by atoms with Crippen molar-refractivity contribution in [3.63, 3.8) is 0 Å². The summed E-state index contributed by atoms with van der Waals surface area (Å²) in [5, 5.41) is 11.0. The lowest BCUT2D eigenvalue weighted by Gasteiger charge is -2.18. The normalized spacial score (nSPS) is 10.5. The number of anilines is 1. The number of hydrogen-bond acceptors (Lipinski definition) is 4. The monoisotopic (exact) mass is 450 g/mol. The molecule has 0 saturated carbocycles. The quantitative estimate of drug-likeness (QED) is 0.354. The van der Waals surface area contributed by atoms with Crippen LogP contribution in [0.5, 0.6) is 11.5 Å². The molecule has 0 saturated heterocycles. The van der Waals surface area contributed by atoms with Crippen molar-refractivity contribution in [2.75, 3.05) is 24.8 Å². The van der Waals surface area contributed by atoms with Crippen molar-refractivity contribution in [3.05, 3.63) is 52.8 Å². The zero-order valence-corrected chi connectivity index (χ0v) is 18.3. The first-order valence-corrected chi connectivity index (χ1v) is 10.1. The van der Waals surface area contributed by atoms with Crippen molar-refractivity contribution >= 4 is 35.1 Å². The van der Waals surface area contributed by atoms with Crippen LogP contribution in [-0.4, -0.2) is 47.3 Å². The molecule has 9 heteroatoms. The van der Waals surface area contributed by atoms with E-state index in [1.54, 1.807) is 33.0 Å². The van der Waals surface area contributed by atoms with Crippen LogP contribution in [-0.2, 0) is 9.59 Å². The smallest absolute Gasteiger partial charge is 0.394 e. The van der Waals surface area contributed by atoms with Crippen LogP contribution < -0.4 is 10.1 Å². The molecule has 0 unspecified atom stereocenters. The Morgan fingerprint density at radius 2 is 1.77 bits per heavy atom. The third-order valence-electron chi connectivity index (χ3n) is 4.52. The molecule has 0 radical (unpaired) electrons. The number of unbranched alkanes of at least 4 members (excludes halogenated alkanes) is 1. The summed E-state index contributed by atoms with van der Waals surface area (Å²) in [7, 11) is 1.60. The molecule has 2 rings (SSSR count). The molecule has 0 aliphatic rings. The van der Waals surface area contributed by atoms with Gasteiger partial charge < -0.3 is 20.1 Å². The number of benzene rings is 2. The maximum atomic E-state index is 14.3. The van der Waals surface area contributed by atoms with Crippen molar-refractivity contribution in [2.24, 2.45) is 0 Å². The molecule has 2 aromatic rings. The summed E-state index contributed by atoms with van der Waals surface area (Å²) in [4.78, 5) is 36.1. The number of ether oxygens (including phenoxy) is 1. The molecule has 7 nitrogen and oxygen atoms in total. The van der Waals surface area contributed by atoms with E-state index in [0.29, 0.717) is 41.4 Å². The lowest BCUT2D eigenvalue weighted by atomic mass is 10.1. The summed E-state index contributed by atoms with van der Waals surface area (Å²) < 4.78 is 20.2. The molecule has 0 aliphatic heterocycles. The highest BCUT2D eigenvalue weighted by molar-refractivity contribution is 6.36. The van der Waals surface area contributed by atoms with E-state index >= 15 is 0 Å². The molecule has 0 aliphatic carbocycles. The summed E-state index contributed by atoms with van der Waals surface area (Å²) >= 11 is 5.65. The summed E-state index contributed by atoms with van der Waals surface area (Å²) in [6.07, 6.45) is 1.47. The second kappa shape index (κ2) is 10.8. The van der Waals surface area contributed by atoms with E-state index in [2.05, 4.69) is 5.32 Å². The van der Waals surface area contributed by atoms with Crippen LogP contribution in [0.4, 0.5) is 10.1 Å². The largest absolute Gasteiger partial charge is 0.474 e. The molecule has 0 heterocycles. The number of aliphatic carboxylic acids is 1. The maximum Gasteiger partial charge on any atom is 0.394 e. The molecule has 2 aromatic carbocycles. The van der Waals surface area contributed by atoms with E-state index < -0.39 is 23.6 Å². The number of carbonyl (C=O) groups is 3. The number of nitrogens with one attached hydrogen (secondary N) is 1. The number of aryl methyl sites for hydroxylation is 2. The van der Waals surface area contributed by atoms with Crippen molar-refractivity contribution in [3.8, 4) is 11.5 Å². The van der Waals surface area contributed by atoms with Gasteiger partial charge in [0.05, 0.1) is 5.56 Å². The number of carbonyl (C=O) groups excluding carboxylic acids is 2. The van der Waals surface area contributed by atoms with Crippen LogP contribution >= 0.6 is 11.6 Å². The van der Waals surface area contributed by atoms with Gasteiger partial charge in [-0.05, 0) is 68.1 Å². The molecule has 0 aromatic heterocycles. The molecule has 2 N–H and O–H groups in total. The molecule has 166 valence electrons. The Kier molecular flexibility index (Phi) is 8.38. The van der Waals surface area contributed by atoms with Crippen LogP contribution in [0.2, 0.25) is 0 Å². The minimum absolute atomic E-state index is 0.105. The zero-order chi connectivity index (χ0) is 23.1. The molecule has 0 atom stereocenters. The molecule has 0 bridgehead atoms. The lowest BCUT2D eigenvalue weighted by Crippen LogP contribution is -2.28. The van der Waals surface area contributed by atoms with E-state index in [0.717, 1.165) is 6.42 Å². The molecule has 0 spiro atoms. The SMILES string of the molecule is Cc1cc(NC(=O)C(=O)O)cc(C)c1Oc1ccc(F)c(C(=O)N(C)CCCCCl)c1. The van der Waals surface area contributed by atoms with Gasteiger partial charge in [-0.3, -0.25) is 9.59 Å². The van der Waals surface area contributed by atoms with Gasteiger partial charge in [0.25, 0.3) is 5.91 Å². The fraction of sp³-hybridized carbons (Fsp3) is 0.318. The average molecular weight is 451 g/mol. The molecule has 31 heavy (non-hydrogen) atoms. The van der Waals surface area contributed by atoms with Gasteiger partial charge in [0.1, 0.15) is 17.3 Å². The molecular weight excluding hydrogens is 427 g/mol. The summed E-state index contributed by atoms with van der Waals surface area (Å²) in [5.74, 6) is -2.63. The number of hydrogen-bond donors (Lipinski definition) is 2. The topological polar surface area (TPSA) is 95.9 Å². The first kappa shape index (κ1) is 24.1. The minimum Gasteiger partial charge on any atom is -0.474 e. The number of nitrogens with zero attached hydrogens (tertiary/aromatic N) is 1. The van der Waals surface area contributed by atoms with Gasteiger partial charge in [0.15, 0.2) is 0 Å². The Hall–Kier alpha value is -3.13. The Labute approximate surface area is 184 Å².